The third-order valence-corrected chi connectivity index (χ3v) is 3.08. The summed E-state index contributed by atoms with van der Waals surface area (Å²) >= 11 is 0. The first-order valence-corrected chi connectivity index (χ1v) is 6.03. The molecule has 3 aromatic rings. The van der Waals surface area contributed by atoms with Gasteiger partial charge < -0.3 is 4.57 Å². The first-order valence-electron chi connectivity index (χ1n) is 6.03. The molecule has 0 saturated heterocycles. The molecule has 1 aromatic heterocycles. The lowest BCUT2D eigenvalue weighted by molar-refractivity contribution is 0.506. The van der Waals surface area contributed by atoms with E-state index in [1.807, 2.05) is 6.07 Å². The van der Waals surface area contributed by atoms with Gasteiger partial charge in [-0.2, -0.15) is 0 Å². The van der Waals surface area contributed by atoms with Crippen molar-refractivity contribution in [3.63, 3.8) is 0 Å². The lowest BCUT2D eigenvalue weighted by atomic mass is 10.2. The highest BCUT2D eigenvalue weighted by molar-refractivity contribution is 5.74. The Morgan fingerprint density at radius 1 is 1.05 bits per heavy atom. The summed E-state index contributed by atoms with van der Waals surface area (Å²) in [6.45, 7) is 0.166. The molecular weight excluding hydrogens is 262 g/mol. The van der Waals surface area contributed by atoms with E-state index in [1.54, 1.807) is 18.2 Å². The third kappa shape index (κ3) is 2.18. The summed E-state index contributed by atoms with van der Waals surface area (Å²) in [5.74, 6) is -1.82. The van der Waals surface area contributed by atoms with E-state index >= 15 is 0 Å². The number of nitrogens with zero attached hydrogens (tertiary/aromatic N) is 2. The van der Waals surface area contributed by atoms with Gasteiger partial charge in [0.05, 0.1) is 23.8 Å². The van der Waals surface area contributed by atoms with Crippen LogP contribution < -0.4 is 5.56 Å². The van der Waals surface area contributed by atoms with Crippen LogP contribution in [0.4, 0.5) is 8.78 Å². The molecule has 0 unspecified atom stereocenters. The van der Waals surface area contributed by atoms with Crippen molar-refractivity contribution in [3.05, 3.63) is 76.2 Å². The van der Waals surface area contributed by atoms with Crippen molar-refractivity contribution in [2.75, 3.05) is 0 Å². The molecule has 0 aliphatic rings. The molecule has 0 spiro atoms. The van der Waals surface area contributed by atoms with Gasteiger partial charge in [0.15, 0.2) is 11.6 Å². The Hall–Kier alpha value is -2.56. The van der Waals surface area contributed by atoms with Crippen LogP contribution in [0.3, 0.4) is 0 Å². The molecule has 1 heterocycles. The maximum atomic E-state index is 13.2. The maximum absolute atomic E-state index is 13.2. The fraction of sp³-hybridized carbons (Fsp3) is 0.0667. The minimum absolute atomic E-state index is 0.166. The van der Waals surface area contributed by atoms with Crippen LogP contribution in [-0.4, -0.2) is 9.55 Å². The quantitative estimate of drug-likeness (QED) is 0.719. The summed E-state index contributed by atoms with van der Waals surface area (Å²) in [5.41, 5.74) is 1.57. The Morgan fingerprint density at radius 2 is 1.85 bits per heavy atom. The normalized spacial score (nSPS) is 10.9. The molecular formula is C15H10F2N2O. The predicted octanol–water partition coefficient (Wildman–Crippen LogP) is 2.72. The van der Waals surface area contributed by atoms with Crippen LogP contribution in [0.5, 0.6) is 0 Å². The SMILES string of the molecule is O=c1cnc2ccccc2n1Cc1ccc(F)c(F)c1. The van der Waals surface area contributed by atoms with Crippen molar-refractivity contribution in [2.45, 2.75) is 6.54 Å². The second kappa shape index (κ2) is 4.85. The topological polar surface area (TPSA) is 34.9 Å². The molecule has 0 N–H and O–H groups in total. The summed E-state index contributed by atoms with van der Waals surface area (Å²) < 4.78 is 27.6. The number of halogens is 2. The summed E-state index contributed by atoms with van der Waals surface area (Å²) in [7, 11) is 0. The predicted molar refractivity (Wildman–Crippen MR) is 71.5 cm³/mol. The maximum Gasteiger partial charge on any atom is 0.269 e. The minimum Gasteiger partial charge on any atom is -0.301 e. The Labute approximate surface area is 113 Å². The van der Waals surface area contributed by atoms with Crippen molar-refractivity contribution >= 4 is 11.0 Å². The van der Waals surface area contributed by atoms with Gasteiger partial charge in [-0.3, -0.25) is 4.79 Å². The molecule has 5 heteroatoms. The lowest BCUT2D eigenvalue weighted by Gasteiger charge is -2.09. The molecule has 0 aliphatic heterocycles. The number of hydrogen-bond acceptors (Lipinski definition) is 2. The first-order chi connectivity index (χ1) is 9.65. The third-order valence-electron chi connectivity index (χ3n) is 3.08. The Bertz CT molecular complexity index is 843. The molecule has 0 saturated carbocycles. The fourth-order valence-corrected chi connectivity index (χ4v) is 2.10. The van der Waals surface area contributed by atoms with Gasteiger partial charge in [0.25, 0.3) is 5.56 Å². The summed E-state index contributed by atoms with van der Waals surface area (Å²) in [5, 5.41) is 0. The van der Waals surface area contributed by atoms with Gasteiger partial charge in [-0.1, -0.05) is 18.2 Å². The molecule has 3 rings (SSSR count). The van der Waals surface area contributed by atoms with E-state index < -0.39 is 11.6 Å². The van der Waals surface area contributed by atoms with Crippen LogP contribution >= 0.6 is 0 Å². The van der Waals surface area contributed by atoms with Gasteiger partial charge in [0, 0.05) is 0 Å². The molecule has 0 amide bonds. The second-order valence-corrected chi connectivity index (χ2v) is 4.42. The van der Waals surface area contributed by atoms with Crippen LogP contribution in [0.25, 0.3) is 11.0 Å². The Kier molecular flexibility index (Phi) is 3.02. The van der Waals surface area contributed by atoms with Crippen LogP contribution in [0.2, 0.25) is 0 Å². The van der Waals surface area contributed by atoms with E-state index in [9.17, 15) is 13.6 Å². The first kappa shape index (κ1) is 12.5. The van der Waals surface area contributed by atoms with E-state index in [4.69, 9.17) is 0 Å². The van der Waals surface area contributed by atoms with Crippen molar-refractivity contribution in [2.24, 2.45) is 0 Å². The van der Waals surface area contributed by atoms with Gasteiger partial charge in [-0.15, -0.1) is 0 Å². The highest BCUT2D eigenvalue weighted by Crippen LogP contribution is 2.13. The van der Waals surface area contributed by atoms with Gasteiger partial charge in [-0.05, 0) is 29.8 Å². The number of para-hydroxylation sites is 2. The molecule has 0 bridgehead atoms. The molecule has 20 heavy (non-hydrogen) atoms. The summed E-state index contributed by atoms with van der Waals surface area (Å²) in [6.07, 6.45) is 1.22. The van der Waals surface area contributed by atoms with Crippen LogP contribution in [-0.2, 0) is 6.54 Å². The zero-order valence-electron chi connectivity index (χ0n) is 10.4. The van der Waals surface area contributed by atoms with Gasteiger partial charge in [-0.25, -0.2) is 13.8 Å². The van der Waals surface area contributed by atoms with Crippen molar-refractivity contribution in [3.8, 4) is 0 Å². The van der Waals surface area contributed by atoms with Crippen molar-refractivity contribution in [1.29, 1.82) is 0 Å². The van der Waals surface area contributed by atoms with E-state index in [0.29, 0.717) is 16.6 Å². The monoisotopic (exact) mass is 272 g/mol. The number of benzene rings is 2. The number of hydrogen-bond donors (Lipinski definition) is 0. The highest BCUT2D eigenvalue weighted by atomic mass is 19.2. The van der Waals surface area contributed by atoms with Gasteiger partial charge in [0.1, 0.15) is 0 Å². The molecule has 100 valence electrons. The van der Waals surface area contributed by atoms with E-state index in [2.05, 4.69) is 4.98 Å². The number of aromatic nitrogens is 2. The van der Waals surface area contributed by atoms with Crippen LogP contribution in [0, 0.1) is 11.6 Å². The van der Waals surface area contributed by atoms with Gasteiger partial charge >= 0.3 is 0 Å². The molecule has 3 nitrogen and oxygen atoms in total. The number of rotatable bonds is 2. The largest absolute Gasteiger partial charge is 0.301 e. The zero-order chi connectivity index (χ0) is 14.1. The minimum atomic E-state index is -0.922. The average Bonchev–Trinajstić information content (AvgIpc) is 2.46. The fourth-order valence-electron chi connectivity index (χ4n) is 2.10. The smallest absolute Gasteiger partial charge is 0.269 e. The van der Waals surface area contributed by atoms with Crippen molar-refractivity contribution in [1.82, 2.24) is 9.55 Å². The molecule has 0 fully saturated rings. The van der Waals surface area contributed by atoms with E-state index in [-0.39, 0.29) is 12.1 Å². The van der Waals surface area contributed by atoms with Crippen molar-refractivity contribution < 1.29 is 8.78 Å². The van der Waals surface area contributed by atoms with E-state index in [1.165, 1.54) is 16.8 Å². The lowest BCUT2D eigenvalue weighted by Crippen LogP contribution is -2.21. The summed E-state index contributed by atoms with van der Waals surface area (Å²) in [4.78, 5) is 16.0. The average molecular weight is 272 g/mol. The Balaban J connectivity index is 2.12. The second-order valence-electron chi connectivity index (χ2n) is 4.42. The molecule has 0 aliphatic carbocycles. The molecule has 2 aromatic carbocycles. The van der Waals surface area contributed by atoms with E-state index in [0.717, 1.165) is 12.1 Å². The zero-order valence-corrected chi connectivity index (χ0v) is 10.4. The van der Waals surface area contributed by atoms with Gasteiger partial charge in [0.2, 0.25) is 0 Å². The summed E-state index contributed by atoms with van der Waals surface area (Å²) in [6, 6.07) is 10.8. The van der Waals surface area contributed by atoms with Crippen LogP contribution in [0.15, 0.2) is 53.5 Å². The Morgan fingerprint density at radius 3 is 2.65 bits per heavy atom. The highest BCUT2D eigenvalue weighted by Gasteiger charge is 2.07. The molecule has 0 radical (unpaired) electrons. The number of fused-ring (bicyclic) bond motifs is 1. The van der Waals surface area contributed by atoms with Crippen LogP contribution in [0.1, 0.15) is 5.56 Å². The standard InChI is InChI=1S/C15H10F2N2O/c16-11-6-5-10(7-12(11)17)9-19-14-4-2-1-3-13(14)18-8-15(19)20/h1-8H,9H2. The molecule has 0 atom stereocenters.